The molecule has 1 N–H and O–H groups in total. The van der Waals surface area contributed by atoms with Gasteiger partial charge in [0.25, 0.3) is 0 Å². The van der Waals surface area contributed by atoms with Crippen LogP contribution in [0.1, 0.15) is 41.7 Å². The number of rotatable bonds is 2. The molecule has 0 saturated carbocycles. The summed E-state index contributed by atoms with van der Waals surface area (Å²) in [6.45, 7) is 8.22. The van der Waals surface area contributed by atoms with Crippen LogP contribution >= 0.6 is 0 Å². The summed E-state index contributed by atoms with van der Waals surface area (Å²) in [5, 5.41) is 9.78. The molecule has 1 nitrogen and oxygen atoms in total. The van der Waals surface area contributed by atoms with Gasteiger partial charge in [-0.1, -0.05) is 24.6 Å². The third kappa shape index (κ3) is 2.10. The lowest BCUT2D eigenvalue weighted by Gasteiger charge is -2.15. The molecular formula is C12H18O. The van der Waals surface area contributed by atoms with E-state index in [4.69, 9.17) is 0 Å². The molecule has 0 spiro atoms. The van der Waals surface area contributed by atoms with Crippen molar-refractivity contribution in [3.63, 3.8) is 0 Å². The second-order valence-electron chi connectivity index (χ2n) is 3.74. The Bertz CT molecular complexity index is 279. The number of benzene rings is 1. The monoisotopic (exact) mass is 178 g/mol. The van der Waals surface area contributed by atoms with Gasteiger partial charge in [-0.2, -0.15) is 0 Å². The Morgan fingerprint density at radius 2 is 1.62 bits per heavy atom. The third-order valence-corrected chi connectivity index (χ3v) is 2.46. The van der Waals surface area contributed by atoms with Gasteiger partial charge in [-0.3, -0.25) is 0 Å². The van der Waals surface area contributed by atoms with Crippen molar-refractivity contribution in [2.45, 2.75) is 40.2 Å². The minimum Gasteiger partial charge on any atom is -0.388 e. The molecule has 0 aromatic heterocycles. The summed E-state index contributed by atoms with van der Waals surface area (Å²) in [7, 11) is 0. The van der Waals surface area contributed by atoms with E-state index in [-0.39, 0.29) is 6.10 Å². The van der Waals surface area contributed by atoms with Crippen LogP contribution in [-0.2, 0) is 0 Å². The third-order valence-electron chi connectivity index (χ3n) is 2.46. The molecule has 1 unspecified atom stereocenters. The zero-order chi connectivity index (χ0) is 10.0. The van der Waals surface area contributed by atoms with Crippen LogP contribution in [0, 0.1) is 20.8 Å². The summed E-state index contributed by atoms with van der Waals surface area (Å²) >= 11 is 0. The number of hydrogen-bond donors (Lipinski definition) is 1. The maximum absolute atomic E-state index is 9.78. The number of aliphatic hydroxyl groups is 1. The molecule has 0 heterocycles. The van der Waals surface area contributed by atoms with E-state index >= 15 is 0 Å². The highest BCUT2D eigenvalue weighted by atomic mass is 16.3. The first-order chi connectivity index (χ1) is 6.06. The molecule has 0 aliphatic rings. The van der Waals surface area contributed by atoms with Crippen molar-refractivity contribution >= 4 is 0 Å². The van der Waals surface area contributed by atoms with Crippen LogP contribution in [0.5, 0.6) is 0 Å². The van der Waals surface area contributed by atoms with Crippen molar-refractivity contribution in [2.24, 2.45) is 0 Å². The zero-order valence-electron chi connectivity index (χ0n) is 8.89. The molecule has 0 saturated heterocycles. The lowest BCUT2D eigenvalue weighted by Crippen LogP contribution is -2.01. The van der Waals surface area contributed by atoms with Crippen molar-refractivity contribution < 1.29 is 5.11 Å². The van der Waals surface area contributed by atoms with E-state index in [0.29, 0.717) is 0 Å². The van der Waals surface area contributed by atoms with Gasteiger partial charge in [-0.15, -0.1) is 0 Å². The van der Waals surface area contributed by atoms with Crippen LogP contribution in [0.25, 0.3) is 0 Å². The number of aliphatic hydroxyl groups excluding tert-OH is 1. The van der Waals surface area contributed by atoms with Crippen LogP contribution in [-0.4, -0.2) is 5.11 Å². The molecule has 72 valence electrons. The van der Waals surface area contributed by atoms with Crippen molar-refractivity contribution in [3.8, 4) is 0 Å². The molecule has 0 amide bonds. The molecule has 0 aliphatic heterocycles. The Kier molecular flexibility index (Phi) is 3.10. The molecule has 1 heteroatoms. The molecule has 1 rings (SSSR count). The Morgan fingerprint density at radius 1 is 1.15 bits per heavy atom. The van der Waals surface area contributed by atoms with Gasteiger partial charge >= 0.3 is 0 Å². The molecule has 0 aliphatic carbocycles. The van der Waals surface area contributed by atoms with E-state index in [0.717, 1.165) is 12.0 Å². The molecule has 1 atom stereocenters. The Labute approximate surface area is 80.4 Å². The summed E-state index contributed by atoms with van der Waals surface area (Å²) in [5.74, 6) is 0. The summed E-state index contributed by atoms with van der Waals surface area (Å²) < 4.78 is 0. The van der Waals surface area contributed by atoms with Gasteiger partial charge in [0.15, 0.2) is 0 Å². The maximum atomic E-state index is 9.78. The normalized spacial score (nSPS) is 13.0. The van der Waals surface area contributed by atoms with Crippen molar-refractivity contribution in [2.75, 3.05) is 0 Å². The molecule has 0 fully saturated rings. The standard InChI is InChI=1S/C12H18O/c1-5-11(13)12-9(3)6-8(2)7-10(12)4/h6-7,11,13H,5H2,1-4H3. The minimum absolute atomic E-state index is 0.305. The van der Waals surface area contributed by atoms with Gasteiger partial charge in [0, 0.05) is 0 Å². The summed E-state index contributed by atoms with van der Waals surface area (Å²) in [5.41, 5.74) is 4.77. The van der Waals surface area contributed by atoms with Gasteiger partial charge in [0.2, 0.25) is 0 Å². The molecule has 1 aromatic rings. The van der Waals surface area contributed by atoms with Crippen LogP contribution < -0.4 is 0 Å². The Balaban J connectivity index is 3.20. The fraction of sp³-hybridized carbons (Fsp3) is 0.500. The van der Waals surface area contributed by atoms with Crippen molar-refractivity contribution in [3.05, 3.63) is 34.4 Å². The summed E-state index contributed by atoms with van der Waals surface area (Å²) in [6, 6.07) is 4.25. The van der Waals surface area contributed by atoms with E-state index in [9.17, 15) is 5.11 Å². The van der Waals surface area contributed by atoms with Gasteiger partial charge in [0.05, 0.1) is 6.10 Å². The highest BCUT2D eigenvalue weighted by Gasteiger charge is 2.11. The van der Waals surface area contributed by atoms with E-state index in [2.05, 4.69) is 32.9 Å². The van der Waals surface area contributed by atoms with Gasteiger partial charge in [0.1, 0.15) is 0 Å². The molecule has 13 heavy (non-hydrogen) atoms. The predicted octanol–water partition coefficient (Wildman–Crippen LogP) is 3.06. The summed E-state index contributed by atoms with van der Waals surface area (Å²) in [4.78, 5) is 0. The van der Waals surface area contributed by atoms with E-state index in [1.54, 1.807) is 0 Å². The van der Waals surface area contributed by atoms with E-state index < -0.39 is 0 Å². The summed E-state index contributed by atoms with van der Waals surface area (Å²) in [6.07, 6.45) is 0.477. The van der Waals surface area contributed by atoms with Crippen molar-refractivity contribution in [1.82, 2.24) is 0 Å². The average molecular weight is 178 g/mol. The fourth-order valence-corrected chi connectivity index (χ4v) is 1.92. The second-order valence-corrected chi connectivity index (χ2v) is 3.74. The van der Waals surface area contributed by atoms with Crippen LogP contribution in [0.3, 0.4) is 0 Å². The Morgan fingerprint density at radius 3 is 2.00 bits per heavy atom. The number of hydrogen-bond acceptors (Lipinski definition) is 1. The first kappa shape index (κ1) is 10.3. The molecule has 0 bridgehead atoms. The smallest absolute Gasteiger partial charge is 0.0792 e. The highest BCUT2D eigenvalue weighted by molar-refractivity contribution is 5.38. The fourth-order valence-electron chi connectivity index (χ4n) is 1.92. The van der Waals surface area contributed by atoms with Crippen LogP contribution in [0.2, 0.25) is 0 Å². The lowest BCUT2D eigenvalue weighted by atomic mass is 9.94. The van der Waals surface area contributed by atoms with Gasteiger partial charge < -0.3 is 5.11 Å². The second kappa shape index (κ2) is 3.93. The van der Waals surface area contributed by atoms with Gasteiger partial charge in [-0.25, -0.2) is 0 Å². The largest absolute Gasteiger partial charge is 0.388 e. The van der Waals surface area contributed by atoms with Gasteiger partial charge in [-0.05, 0) is 43.9 Å². The quantitative estimate of drug-likeness (QED) is 0.738. The van der Waals surface area contributed by atoms with Crippen molar-refractivity contribution in [1.29, 1.82) is 0 Å². The first-order valence-corrected chi connectivity index (χ1v) is 4.82. The SMILES string of the molecule is CCC(O)c1c(C)cc(C)cc1C. The predicted molar refractivity (Wildman–Crippen MR) is 55.9 cm³/mol. The van der Waals surface area contributed by atoms with Crippen LogP contribution in [0.4, 0.5) is 0 Å². The Hall–Kier alpha value is -0.820. The molecule has 0 radical (unpaired) electrons. The zero-order valence-corrected chi connectivity index (χ0v) is 8.89. The maximum Gasteiger partial charge on any atom is 0.0792 e. The lowest BCUT2D eigenvalue weighted by molar-refractivity contribution is 0.172. The van der Waals surface area contributed by atoms with E-state index in [1.165, 1.54) is 16.7 Å². The topological polar surface area (TPSA) is 20.2 Å². The minimum atomic E-state index is -0.305. The van der Waals surface area contributed by atoms with Crippen LogP contribution in [0.15, 0.2) is 12.1 Å². The molecular weight excluding hydrogens is 160 g/mol. The molecule has 1 aromatic carbocycles. The number of aryl methyl sites for hydroxylation is 3. The first-order valence-electron chi connectivity index (χ1n) is 4.82. The van der Waals surface area contributed by atoms with E-state index in [1.807, 2.05) is 6.92 Å². The average Bonchev–Trinajstić information content (AvgIpc) is 2.02. The highest BCUT2D eigenvalue weighted by Crippen LogP contribution is 2.25.